The molecule has 0 atom stereocenters. The lowest BCUT2D eigenvalue weighted by molar-refractivity contribution is -0.122. The van der Waals surface area contributed by atoms with Crippen LogP contribution in [0, 0.1) is 11.3 Å². The fourth-order valence-corrected chi connectivity index (χ4v) is 2.96. The predicted octanol–water partition coefficient (Wildman–Crippen LogP) is 2.58. The lowest BCUT2D eigenvalue weighted by Gasteiger charge is -2.19. The Bertz CT molecular complexity index is 817. The average Bonchev–Trinajstić information content (AvgIpc) is 2.97. The molecule has 6 nitrogen and oxygen atoms in total. The summed E-state index contributed by atoms with van der Waals surface area (Å²) in [5.74, 6) is -0.0952. The van der Waals surface area contributed by atoms with E-state index < -0.39 is 0 Å². The van der Waals surface area contributed by atoms with Crippen molar-refractivity contribution in [2.75, 3.05) is 19.6 Å². The number of aryl methyl sites for hydroxylation is 1. The van der Waals surface area contributed by atoms with E-state index in [-0.39, 0.29) is 30.8 Å². The fourth-order valence-electron chi connectivity index (χ4n) is 2.96. The van der Waals surface area contributed by atoms with Gasteiger partial charge in [0.1, 0.15) is 0 Å². The minimum atomic E-state index is -0.0777. The Morgan fingerprint density at radius 3 is 2.65 bits per heavy atom. The fraction of sp³-hybridized carbons (Fsp3) is 0.450. The van der Waals surface area contributed by atoms with Crippen LogP contribution in [0.3, 0.4) is 0 Å². The molecule has 0 saturated carbocycles. The Morgan fingerprint density at radius 2 is 2.00 bits per heavy atom. The van der Waals surface area contributed by atoms with E-state index in [1.165, 1.54) is 0 Å². The molecule has 2 aromatic rings. The van der Waals surface area contributed by atoms with E-state index in [2.05, 4.69) is 11.4 Å². The summed E-state index contributed by atoms with van der Waals surface area (Å²) in [6, 6.07) is 9.93. The number of Topliss-reactive ketones (excluding diaryl/α,β-unsaturated/α-hetero) is 1. The number of carbonyl (C=O) groups excluding carboxylic acids is 2. The third-order valence-electron chi connectivity index (χ3n) is 4.18. The molecule has 2 rings (SSSR count). The number of nitrogens with zero attached hydrogens (tertiary/aromatic N) is 3. The number of rotatable bonds is 9. The number of amides is 1. The van der Waals surface area contributed by atoms with Gasteiger partial charge in [-0.3, -0.25) is 14.5 Å². The molecule has 0 saturated heterocycles. The molecule has 0 aliphatic heterocycles. The van der Waals surface area contributed by atoms with Crippen molar-refractivity contribution in [3.8, 4) is 6.07 Å². The minimum Gasteiger partial charge on any atom is -0.353 e. The smallest absolute Gasteiger partial charge is 0.234 e. The number of carbonyl (C=O) groups is 2. The number of para-hydroxylation sites is 1. The Kier molecular flexibility index (Phi) is 6.93. The first-order valence-corrected chi connectivity index (χ1v) is 8.96. The molecule has 1 aromatic carbocycles. The van der Waals surface area contributed by atoms with Gasteiger partial charge in [0.05, 0.1) is 25.6 Å². The Hall–Kier alpha value is -2.65. The van der Waals surface area contributed by atoms with Crippen molar-refractivity contribution in [3.63, 3.8) is 0 Å². The first-order valence-electron chi connectivity index (χ1n) is 8.96. The van der Waals surface area contributed by atoms with Gasteiger partial charge in [0.2, 0.25) is 5.91 Å². The van der Waals surface area contributed by atoms with Crippen LogP contribution in [-0.4, -0.2) is 46.8 Å². The second-order valence-electron chi connectivity index (χ2n) is 6.61. The van der Waals surface area contributed by atoms with Gasteiger partial charge < -0.3 is 9.88 Å². The summed E-state index contributed by atoms with van der Waals surface area (Å²) in [6.07, 6.45) is 2.22. The second-order valence-corrected chi connectivity index (χ2v) is 6.61. The highest BCUT2D eigenvalue weighted by Gasteiger charge is 2.19. The summed E-state index contributed by atoms with van der Waals surface area (Å²) in [5.41, 5.74) is 1.59. The van der Waals surface area contributed by atoms with Crippen LogP contribution in [0.5, 0.6) is 0 Å². The van der Waals surface area contributed by atoms with Gasteiger partial charge in [-0.25, -0.2) is 0 Å². The largest absolute Gasteiger partial charge is 0.353 e. The van der Waals surface area contributed by atoms with Crippen LogP contribution in [0.25, 0.3) is 10.9 Å². The standard InChI is InChI=1S/C20H26N4O2/c1-4-23(14-20(26)22-15(2)3)13-19(25)17-12-24(11-7-10-21)18-9-6-5-8-16(17)18/h5-6,8-9,12,15H,4,7,11,13-14H2,1-3H3,(H,22,26). The number of fused-ring (bicyclic) bond motifs is 1. The van der Waals surface area contributed by atoms with Gasteiger partial charge in [-0.1, -0.05) is 25.1 Å². The SMILES string of the molecule is CCN(CC(=O)NC(C)C)CC(=O)c1cn(CCC#N)c2ccccc12. The van der Waals surface area contributed by atoms with Gasteiger partial charge in [0, 0.05) is 35.2 Å². The van der Waals surface area contributed by atoms with Crippen LogP contribution in [0.2, 0.25) is 0 Å². The van der Waals surface area contributed by atoms with Crippen molar-refractivity contribution in [1.29, 1.82) is 5.26 Å². The molecule has 0 spiro atoms. The maximum atomic E-state index is 12.9. The van der Waals surface area contributed by atoms with Gasteiger partial charge in [-0.05, 0) is 26.5 Å². The molecule has 1 N–H and O–H groups in total. The molecule has 0 aliphatic rings. The molecule has 1 aromatic heterocycles. The Labute approximate surface area is 154 Å². The topological polar surface area (TPSA) is 78.1 Å². The summed E-state index contributed by atoms with van der Waals surface area (Å²) < 4.78 is 1.95. The number of hydrogen-bond donors (Lipinski definition) is 1. The minimum absolute atomic E-state index is 0.0175. The quantitative estimate of drug-likeness (QED) is 0.702. The zero-order valence-electron chi connectivity index (χ0n) is 15.7. The maximum absolute atomic E-state index is 12.9. The van der Waals surface area contributed by atoms with E-state index in [1.54, 1.807) is 0 Å². The van der Waals surface area contributed by atoms with E-state index >= 15 is 0 Å². The van der Waals surface area contributed by atoms with E-state index in [4.69, 9.17) is 5.26 Å². The summed E-state index contributed by atoms with van der Waals surface area (Å²) in [7, 11) is 0. The Balaban J connectivity index is 2.18. The van der Waals surface area contributed by atoms with Crippen LogP contribution in [-0.2, 0) is 11.3 Å². The second kappa shape index (κ2) is 9.16. The molecule has 0 fully saturated rings. The Morgan fingerprint density at radius 1 is 1.27 bits per heavy atom. The number of nitrogens with one attached hydrogen (secondary N) is 1. The number of ketones is 1. The molecule has 0 aliphatic carbocycles. The third-order valence-corrected chi connectivity index (χ3v) is 4.18. The molecule has 26 heavy (non-hydrogen) atoms. The normalized spacial score (nSPS) is 11.1. The molecule has 0 unspecified atom stereocenters. The van der Waals surface area contributed by atoms with Crippen molar-refractivity contribution < 1.29 is 9.59 Å². The van der Waals surface area contributed by atoms with Gasteiger partial charge in [0.15, 0.2) is 5.78 Å². The van der Waals surface area contributed by atoms with Gasteiger partial charge in [0.25, 0.3) is 0 Å². The monoisotopic (exact) mass is 354 g/mol. The number of benzene rings is 1. The van der Waals surface area contributed by atoms with Gasteiger partial charge in [-0.2, -0.15) is 5.26 Å². The number of nitriles is 1. The predicted molar refractivity (Wildman–Crippen MR) is 102 cm³/mol. The molecule has 0 bridgehead atoms. The summed E-state index contributed by atoms with van der Waals surface area (Å²) in [4.78, 5) is 26.7. The number of aromatic nitrogens is 1. The number of hydrogen-bond acceptors (Lipinski definition) is 4. The highest BCUT2D eigenvalue weighted by molar-refractivity contribution is 6.09. The van der Waals surface area contributed by atoms with Crippen molar-refractivity contribution in [2.24, 2.45) is 0 Å². The lowest BCUT2D eigenvalue weighted by Crippen LogP contribution is -2.41. The molecular formula is C20H26N4O2. The molecule has 1 amide bonds. The average molecular weight is 354 g/mol. The van der Waals surface area contributed by atoms with Crippen molar-refractivity contribution in [3.05, 3.63) is 36.0 Å². The highest BCUT2D eigenvalue weighted by atomic mass is 16.2. The van der Waals surface area contributed by atoms with Crippen LogP contribution in [0.15, 0.2) is 30.5 Å². The first kappa shape index (κ1) is 19.7. The molecular weight excluding hydrogens is 328 g/mol. The van der Waals surface area contributed by atoms with Crippen LogP contribution < -0.4 is 5.32 Å². The zero-order chi connectivity index (χ0) is 19.1. The maximum Gasteiger partial charge on any atom is 0.234 e. The molecule has 6 heteroatoms. The van der Waals surface area contributed by atoms with Gasteiger partial charge in [-0.15, -0.1) is 0 Å². The molecule has 138 valence electrons. The van der Waals surface area contributed by atoms with Crippen molar-refractivity contribution in [2.45, 2.75) is 39.8 Å². The lowest BCUT2D eigenvalue weighted by atomic mass is 10.1. The van der Waals surface area contributed by atoms with E-state index in [1.807, 2.05) is 60.7 Å². The summed E-state index contributed by atoms with van der Waals surface area (Å²) in [6.45, 7) is 7.32. The zero-order valence-corrected chi connectivity index (χ0v) is 15.7. The number of likely N-dealkylation sites (N-methyl/N-ethyl adjacent to an activating group) is 1. The summed E-state index contributed by atoms with van der Waals surface area (Å²) >= 11 is 0. The molecule has 1 heterocycles. The van der Waals surface area contributed by atoms with E-state index in [0.717, 1.165) is 10.9 Å². The van der Waals surface area contributed by atoms with Crippen LogP contribution in [0.4, 0.5) is 0 Å². The molecule has 0 radical (unpaired) electrons. The summed E-state index contributed by atoms with van der Waals surface area (Å²) in [5, 5.41) is 12.6. The van der Waals surface area contributed by atoms with Crippen molar-refractivity contribution >= 4 is 22.6 Å². The van der Waals surface area contributed by atoms with Crippen molar-refractivity contribution in [1.82, 2.24) is 14.8 Å². The van der Waals surface area contributed by atoms with Crippen LogP contribution in [0.1, 0.15) is 37.6 Å². The van der Waals surface area contributed by atoms with Crippen LogP contribution >= 0.6 is 0 Å². The third kappa shape index (κ3) is 4.93. The first-order chi connectivity index (χ1) is 12.5. The van der Waals surface area contributed by atoms with E-state index in [0.29, 0.717) is 25.1 Å². The highest BCUT2D eigenvalue weighted by Crippen LogP contribution is 2.22. The van der Waals surface area contributed by atoms with E-state index in [9.17, 15) is 9.59 Å². The van der Waals surface area contributed by atoms with Gasteiger partial charge >= 0.3 is 0 Å².